The quantitative estimate of drug-likeness (QED) is 0.0222. The Morgan fingerprint density at radius 2 is 0.516 bits per heavy atom. The molecule has 552 valence electrons. The molecule has 0 saturated heterocycles. The SMILES string of the molecule is CCCCCCCCCCCCCCCCCCCCCC(=O)O[C@H](COC(=O)CCCCCCCCCCCCCCCC)COP(=O)(O)OC[C@@H](O)COP(=O)(O)OC[C@@H](COC(=O)CCCCCCCCC(C)CC)OC(=O)CCCCCCCCC(C)CC. The van der Waals surface area contributed by atoms with Crippen LogP contribution in [0.4, 0.5) is 0 Å². The Morgan fingerprint density at radius 3 is 0.763 bits per heavy atom. The lowest BCUT2D eigenvalue weighted by atomic mass is 10.00. The fourth-order valence-corrected chi connectivity index (χ4v) is 12.8. The Bertz CT molecular complexity index is 1810. The van der Waals surface area contributed by atoms with Gasteiger partial charge in [-0.05, 0) is 37.5 Å². The first-order valence-electron chi connectivity index (χ1n) is 38.6. The van der Waals surface area contributed by atoms with Crippen molar-refractivity contribution >= 4 is 39.5 Å². The van der Waals surface area contributed by atoms with E-state index in [9.17, 15) is 43.2 Å². The van der Waals surface area contributed by atoms with E-state index in [1.807, 2.05) is 0 Å². The fraction of sp³-hybridized carbons (Fsp3) is 0.946. The summed E-state index contributed by atoms with van der Waals surface area (Å²) in [6.45, 7) is 9.49. The number of hydrogen-bond acceptors (Lipinski definition) is 15. The zero-order valence-corrected chi connectivity index (χ0v) is 62.3. The maximum atomic E-state index is 13.1. The highest BCUT2D eigenvalue weighted by molar-refractivity contribution is 7.47. The number of carbonyl (C=O) groups excluding carboxylic acids is 4. The summed E-state index contributed by atoms with van der Waals surface area (Å²) in [7, 11) is -9.91. The minimum absolute atomic E-state index is 0.102. The highest BCUT2D eigenvalue weighted by Crippen LogP contribution is 2.45. The van der Waals surface area contributed by atoms with E-state index in [-0.39, 0.29) is 25.7 Å². The van der Waals surface area contributed by atoms with Crippen LogP contribution < -0.4 is 0 Å². The number of phosphoric ester groups is 2. The molecule has 0 rings (SSSR count). The summed E-state index contributed by atoms with van der Waals surface area (Å²) in [6, 6.07) is 0. The van der Waals surface area contributed by atoms with Gasteiger partial charge in [0.15, 0.2) is 12.2 Å². The van der Waals surface area contributed by atoms with Gasteiger partial charge in [0, 0.05) is 25.7 Å². The molecule has 0 aliphatic heterocycles. The number of hydrogen-bond donors (Lipinski definition) is 3. The molecule has 0 aliphatic carbocycles. The number of phosphoric acid groups is 2. The van der Waals surface area contributed by atoms with E-state index < -0.39 is 97.5 Å². The molecule has 93 heavy (non-hydrogen) atoms. The van der Waals surface area contributed by atoms with Crippen LogP contribution >= 0.6 is 15.6 Å². The first kappa shape index (κ1) is 91.1. The lowest BCUT2D eigenvalue weighted by Gasteiger charge is -2.21. The van der Waals surface area contributed by atoms with Gasteiger partial charge in [0.1, 0.15) is 19.3 Å². The summed E-state index contributed by atoms with van der Waals surface area (Å²) >= 11 is 0. The lowest BCUT2D eigenvalue weighted by molar-refractivity contribution is -0.161. The number of esters is 4. The van der Waals surface area contributed by atoms with Crippen molar-refractivity contribution in [3.63, 3.8) is 0 Å². The molecule has 17 nitrogen and oxygen atoms in total. The van der Waals surface area contributed by atoms with Gasteiger partial charge in [-0.1, -0.05) is 330 Å². The Morgan fingerprint density at radius 1 is 0.301 bits per heavy atom. The second-order valence-corrected chi connectivity index (χ2v) is 30.1. The average molecular weight is 1370 g/mol. The first-order chi connectivity index (χ1) is 44.9. The second-order valence-electron chi connectivity index (χ2n) is 27.2. The van der Waals surface area contributed by atoms with Gasteiger partial charge in [-0.15, -0.1) is 0 Å². The summed E-state index contributed by atoms with van der Waals surface area (Å²) in [5.41, 5.74) is 0. The Labute approximate surface area is 568 Å². The molecule has 0 amide bonds. The van der Waals surface area contributed by atoms with E-state index >= 15 is 0 Å². The maximum absolute atomic E-state index is 13.1. The highest BCUT2D eigenvalue weighted by Gasteiger charge is 2.30. The predicted octanol–water partition coefficient (Wildman–Crippen LogP) is 21.6. The zero-order chi connectivity index (χ0) is 68.6. The molecule has 0 saturated carbocycles. The van der Waals surface area contributed by atoms with Crippen molar-refractivity contribution < 1.29 is 80.2 Å². The number of unbranched alkanes of at least 4 members (excludes halogenated alkanes) is 41. The lowest BCUT2D eigenvalue weighted by Crippen LogP contribution is -2.30. The summed E-state index contributed by atoms with van der Waals surface area (Å²) in [4.78, 5) is 72.7. The van der Waals surface area contributed by atoms with E-state index in [4.69, 9.17) is 37.0 Å². The van der Waals surface area contributed by atoms with Crippen molar-refractivity contribution in [3.8, 4) is 0 Å². The van der Waals surface area contributed by atoms with Gasteiger partial charge in [-0.25, -0.2) is 9.13 Å². The monoisotopic (exact) mass is 1370 g/mol. The molecule has 0 aromatic carbocycles. The average Bonchev–Trinajstić information content (AvgIpc) is 2.39. The van der Waals surface area contributed by atoms with Crippen LogP contribution in [0, 0.1) is 11.8 Å². The van der Waals surface area contributed by atoms with Gasteiger partial charge in [-0.2, -0.15) is 0 Å². The van der Waals surface area contributed by atoms with Crippen LogP contribution in [-0.4, -0.2) is 96.7 Å². The third-order valence-corrected chi connectivity index (χ3v) is 19.8. The van der Waals surface area contributed by atoms with E-state index in [2.05, 4.69) is 41.5 Å². The van der Waals surface area contributed by atoms with Crippen molar-refractivity contribution in [1.29, 1.82) is 0 Å². The summed E-state index contributed by atoms with van der Waals surface area (Å²) in [5.74, 6) is -0.671. The molecule has 0 bridgehead atoms. The minimum Gasteiger partial charge on any atom is -0.462 e. The normalized spacial score (nSPS) is 14.6. The van der Waals surface area contributed by atoms with Crippen molar-refractivity contribution in [3.05, 3.63) is 0 Å². The minimum atomic E-state index is -4.96. The largest absolute Gasteiger partial charge is 0.472 e. The van der Waals surface area contributed by atoms with E-state index in [0.717, 1.165) is 108 Å². The molecule has 19 heteroatoms. The Balaban J connectivity index is 5.22. The van der Waals surface area contributed by atoms with Gasteiger partial charge in [0.05, 0.1) is 26.4 Å². The molecule has 4 unspecified atom stereocenters. The predicted molar refractivity (Wildman–Crippen MR) is 377 cm³/mol. The number of rotatable bonds is 73. The van der Waals surface area contributed by atoms with Crippen molar-refractivity contribution in [1.82, 2.24) is 0 Å². The van der Waals surface area contributed by atoms with Crippen molar-refractivity contribution in [2.45, 2.75) is 400 Å². The molecule has 7 atom stereocenters. The third-order valence-electron chi connectivity index (χ3n) is 17.9. The van der Waals surface area contributed by atoms with Crippen LogP contribution in [0.3, 0.4) is 0 Å². The fourth-order valence-electron chi connectivity index (χ4n) is 11.2. The number of aliphatic hydroxyl groups excluding tert-OH is 1. The van der Waals surface area contributed by atoms with Gasteiger partial charge in [0.25, 0.3) is 0 Å². The topological polar surface area (TPSA) is 237 Å². The number of ether oxygens (including phenoxy) is 4. The first-order valence-corrected chi connectivity index (χ1v) is 41.6. The van der Waals surface area contributed by atoms with E-state index in [1.165, 1.54) is 193 Å². The second kappa shape index (κ2) is 66.0. The maximum Gasteiger partial charge on any atom is 0.472 e. The van der Waals surface area contributed by atoms with Crippen LogP contribution in [-0.2, 0) is 65.4 Å². The molecule has 0 fully saturated rings. The third kappa shape index (κ3) is 65.8. The summed E-state index contributed by atoms with van der Waals surface area (Å²) in [6.07, 6.45) is 52.9. The highest BCUT2D eigenvalue weighted by atomic mass is 31.2. The molecule has 0 heterocycles. The van der Waals surface area contributed by atoms with Crippen LogP contribution in [0.25, 0.3) is 0 Å². The molecular weight excluding hydrogens is 1220 g/mol. The molecule has 0 spiro atoms. The van der Waals surface area contributed by atoms with Crippen molar-refractivity contribution in [2.24, 2.45) is 11.8 Å². The van der Waals surface area contributed by atoms with Crippen LogP contribution in [0.1, 0.15) is 382 Å². The standard InChI is InChI=1S/C74H144O17P2/c1-7-11-13-15-17-19-21-23-25-26-27-28-29-31-33-35-37-46-52-58-73(78)90-69(62-84-71(76)56-50-44-36-34-32-30-24-22-20-18-16-14-12-8-2)64-88-92(80,81)86-60-68(75)61-87-93(82,83)89-65-70(91-74(79)59-53-47-41-39-43-49-55-67(6)10-4)63-85-72(77)57-51-45-40-38-42-48-54-66(5)9-3/h66-70,75H,7-65H2,1-6H3,(H,80,81)(H,82,83)/t66?,67?,68-,69-,70-/m1/s1. The van der Waals surface area contributed by atoms with E-state index in [1.54, 1.807) is 0 Å². The molecule has 3 N–H and O–H groups in total. The van der Waals surface area contributed by atoms with Gasteiger partial charge >= 0.3 is 39.5 Å². The zero-order valence-electron chi connectivity index (χ0n) is 60.6. The van der Waals surface area contributed by atoms with Gasteiger partial charge < -0.3 is 33.8 Å². The Hall–Kier alpha value is -1.94. The number of carbonyl (C=O) groups is 4. The number of aliphatic hydroxyl groups is 1. The molecular formula is C74H144O17P2. The van der Waals surface area contributed by atoms with Crippen molar-refractivity contribution in [2.75, 3.05) is 39.6 Å². The molecule has 0 aromatic heterocycles. The smallest absolute Gasteiger partial charge is 0.462 e. The van der Waals surface area contributed by atoms with Gasteiger partial charge in [-0.3, -0.25) is 37.3 Å². The summed E-state index contributed by atoms with van der Waals surface area (Å²) in [5, 5.41) is 10.6. The summed E-state index contributed by atoms with van der Waals surface area (Å²) < 4.78 is 68.4. The van der Waals surface area contributed by atoms with Crippen LogP contribution in [0.15, 0.2) is 0 Å². The van der Waals surface area contributed by atoms with Crippen LogP contribution in [0.5, 0.6) is 0 Å². The molecule has 0 aliphatic rings. The van der Waals surface area contributed by atoms with Crippen LogP contribution in [0.2, 0.25) is 0 Å². The van der Waals surface area contributed by atoms with Gasteiger partial charge in [0.2, 0.25) is 0 Å². The Kier molecular flexibility index (Phi) is 64.6. The molecule has 0 radical (unpaired) electrons. The molecule has 0 aromatic rings. The van der Waals surface area contributed by atoms with E-state index in [0.29, 0.717) is 25.7 Å².